The van der Waals surface area contributed by atoms with Gasteiger partial charge in [-0.05, 0) is 38.2 Å². The molecule has 96 valence electrons. The van der Waals surface area contributed by atoms with Gasteiger partial charge in [0, 0.05) is 48.1 Å². The summed E-state index contributed by atoms with van der Waals surface area (Å²) in [5.74, 6) is 0. The molecule has 0 saturated carbocycles. The fourth-order valence-electron chi connectivity index (χ4n) is 2.14. The highest BCUT2D eigenvalue weighted by Gasteiger charge is 2.07. The van der Waals surface area contributed by atoms with E-state index in [0.29, 0.717) is 0 Å². The molecule has 0 atom stereocenters. The topological polar surface area (TPSA) is 54.2 Å². The molecule has 0 radical (unpaired) electrons. The maximum Gasteiger partial charge on any atom is 0.0460 e. The Labute approximate surface area is 108 Å². The average molecular weight is 244 g/mol. The summed E-state index contributed by atoms with van der Waals surface area (Å²) in [5, 5.41) is 5.35. The van der Waals surface area contributed by atoms with Crippen LogP contribution in [-0.2, 0) is 0 Å². The number of hydrogen-bond donors (Lipinski definition) is 2. The zero-order valence-corrected chi connectivity index (χ0v) is 11.0. The van der Waals surface area contributed by atoms with Crippen LogP contribution in [-0.4, -0.2) is 32.2 Å². The summed E-state index contributed by atoms with van der Waals surface area (Å²) < 4.78 is 0. The number of fused-ring (bicyclic) bond motifs is 1. The van der Waals surface area contributed by atoms with Crippen molar-refractivity contribution in [1.29, 1.82) is 0 Å². The zero-order chi connectivity index (χ0) is 13.0. The third-order valence-electron chi connectivity index (χ3n) is 3.16. The minimum atomic E-state index is 0.805. The van der Waals surface area contributed by atoms with E-state index in [1.807, 2.05) is 25.4 Å². The first-order valence-electron chi connectivity index (χ1n) is 6.22. The Morgan fingerprint density at radius 3 is 2.89 bits per heavy atom. The van der Waals surface area contributed by atoms with E-state index in [2.05, 4.69) is 28.3 Å². The minimum absolute atomic E-state index is 0.805. The fourth-order valence-corrected chi connectivity index (χ4v) is 2.14. The molecule has 18 heavy (non-hydrogen) atoms. The Kier molecular flexibility index (Phi) is 3.99. The van der Waals surface area contributed by atoms with E-state index in [0.717, 1.165) is 36.0 Å². The van der Waals surface area contributed by atoms with Crippen LogP contribution in [0.5, 0.6) is 0 Å². The number of nitrogens with one attached hydrogen (secondary N) is 1. The van der Waals surface area contributed by atoms with Crippen LogP contribution in [0.1, 0.15) is 6.42 Å². The van der Waals surface area contributed by atoms with Gasteiger partial charge in [-0.3, -0.25) is 4.98 Å². The Bertz CT molecular complexity index is 524. The van der Waals surface area contributed by atoms with Crippen LogP contribution in [0.3, 0.4) is 0 Å². The van der Waals surface area contributed by atoms with Gasteiger partial charge in [-0.15, -0.1) is 0 Å². The maximum absolute atomic E-state index is 5.99. The molecule has 0 unspecified atom stereocenters. The van der Waals surface area contributed by atoms with Crippen LogP contribution in [0.2, 0.25) is 0 Å². The second-order valence-corrected chi connectivity index (χ2v) is 4.47. The van der Waals surface area contributed by atoms with Crippen molar-refractivity contribution in [2.24, 2.45) is 0 Å². The summed E-state index contributed by atoms with van der Waals surface area (Å²) in [4.78, 5) is 6.45. The number of nitrogens with zero attached hydrogens (tertiary/aromatic N) is 2. The van der Waals surface area contributed by atoms with Gasteiger partial charge in [0.15, 0.2) is 0 Å². The maximum atomic E-state index is 5.99. The van der Waals surface area contributed by atoms with Crippen LogP contribution < -0.4 is 16.0 Å². The van der Waals surface area contributed by atoms with Gasteiger partial charge in [-0.2, -0.15) is 0 Å². The molecule has 1 heterocycles. The van der Waals surface area contributed by atoms with Crippen molar-refractivity contribution in [3.05, 3.63) is 30.6 Å². The van der Waals surface area contributed by atoms with E-state index in [1.54, 1.807) is 6.20 Å². The molecule has 0 bridgehead atoms. The van der Waals surface area contributed by atoms with Gasteiger partial charge in [-0.1, -0.05) is 0 Å². The third kappa shape index (κ3) is 2.54. The number of hydrogen-bond acceptors (Lipinski definition) is 4. The lowest BCUT2D eigenvalue weighted by Gasteiger charge is -2.21. The van der Waals surface area contributed by atoms with E-state index < -0.39 is 0 Å². The molecule has 2 rings (SSSR count). The Balaban J connectivity index is 2.30. The van der Waals surface area contributed by atoms with Crippen LogP contribution in [0.25, 0.3) is 10.8 Å². The predicted molar refractivity (Wildman–Crippen MR) is 78.0 cm³/mol. The van der Waals surface area contributed by atoms with E-state index in [4.69, 9.17) is 5.73 Å². The Morgan fingerprint density at radius 2 is 2.11 bits per heavy atom. The smallest absolute Gasteiger partial charge is 0.0460 e. The molecule has 0 aliphatic heterocycles. The van der Waals surface area contributed by atoms with Gasteiger partial charge in [0.25, 0.3) is 0 Å². The molecule has 4 heteroatoms. The first kappa shape index (κ1) is 12.6. The summed E-state index contributed by atoms with van der Waals surface area (Å²) >= 11 is 0. The van der Waals surface area contributed by atoms with Crippen molar-refractivity contribution >= 4 is 22.1 Å². The van der Waals surface area contributed by atoms with Gasteiger partial charge in [0.2, 0.25) is 0 Å². The van der Waals surface area contributed by atoms with Crippen molar-refractivity contribution in [3.8, 4) is 0 Å². The lowest BCUT2D eigenvalue weighted by molar-refractivity contribution is 0.714. The second-order valence-electron chi connectivity index (χ2n) is 4.47. The van der Waals surface area contributed by atoms with Gasteiger partial charge >= 0.3 is 0 Å². The normalized spacial score (nSPS) is 10.8. The summed E-state index contributed by atoms with van der Waals surface area (Å²) in [7, 11) is 4.08. The van der Waals surface area contributed by atoms with Crippen molar-refractivity contribution in [1.82, 2.24) is 10.3 Å². The molecule has 1 aromatic carbocycles. The number of aromatic nitrogens is 1. The molecule has 4 nitrogen and oxygen atoms in total. The Morgan fingerprint density at radius 1 is 1.28 bits per heavy atom. The van der Waals surface area contributed by atoms with Crippen molar-refractivity contribution < 1.29 is 0 Å². The molecule has 3 N–H and O–H groups in total. The predicted octanol–water partition coefficient (Wildman–Crippen LogP) is 1.86. The number of rotatable bonds is 5. The Hall–Kier alpha value is -1.81. The first-order valence-corrected chi connectivity index (χ1v) is 6.22. The minimum Gasteiger partial charge on any atom is -0.398 e. The second kappa shape index (κ2) is 5.69. The number of benzene rings is 1. The highest BCUT2D eigenvalue weighted by Crippen LogP contribution is 2.29. The quantitative estimate of drug-likeness (QED) is 0.622. The van der Waals surface area contributed by atoms with Crippen molar-refractivity contribution in [2.75, 3.05) is 37.8 Å². The van der Waals surface area contributed by atoms with Crippen LogP contribution in [0.4, 0.5) is 11.4 Å². The summed E-state index contributed by atoms with van der Waals surface area (Å²) in [6.07, 6.45) is 4.78. The summed E-state index contributed by atoms with van der Waals surface area (Å²) in [6, 6.07) is 6.00. The van der Waals surface area contributed by atoms with E-state index >= 15 is 0 Å². The molecular formula is C14H20N4. The SMILES string of the molecule is CNCCCN(C)c1ccc(N)c2ccncc12. The van der Waals surface area contributed by atoms with Gasteiger partial charge in [0.05, 0.1) is 0 Å². The van der Waals surface area contributed by atoms with Crippen LogP contribution >= 0.6 is 0 Å². The molecule has 0 aliphatic rings. The molecule has 1 aromatic heterocycles. The largest absolute Gasteiger partial charge is 0.398 e. The highest BCUT2D eigenvalue weighted by atomic mass is 15.1. The molecule has 0 fully saturated rings. The standard InChI is InChI=1S/C14H20N4/c1-16-7-3-9-18(2)14-5-4-13(15)11-6-8-17-10-12(11)14/h4-6,8,10,16H,3,7,9,15H2,1-2H3. The molecular weight excluding hydrogens is 224 g/mol. The summed E-state index contributed by atoms with van der Waals surface area (Å²) in [5.41, 5.74) is 7.98. The van der Waals surface area contributed by atoms with E-state index in [9.17, 15) is 0 Å². The lowest BCUT2D eigenvalue weighted by atomic mass is 10.1. The average Bonchev–Trinajstić information content (AvgIpc) is 2.39. The first-order chi connectivity index (χ1) is 8.74. The lowest BCUT2D eigenvalue weighted by Crippen LogP contribution is -2.22. The van der Waals surface area contributed by atoms with Crippen molar-refractivity contribution in [2.45, 2.75) is 6.42 Å². The number of anilines is 2. The molecule has 2 aromatic rings. The number of pyridine rings is 1. The van der Waals surface area contributed by atoms with Crippen molar-refractivity contribution in [3.63, 3.8) is 0 Å². The monoisotopic (exact) mass is 244 g/mol. The van der Waals surface area contributed by atoms with Gasteiger partial charge in [0.1, 0.15) is 0 Å². The number of nitrogen functional groups attached to an aromatic ring is 1. The van der Waals surface area contributed by atoms with Crippen LogP contribution in [0.15, 0.2) is 30.6 Å². The molecule has 0 amide bonds. The molecule has 0 spiro atoms. The highest BCUT2D eigenvalue weighted by molar-refractivity contribution is 6.00. The zero-order valence-electron chi connectivity index (χ0n) is 11.0. The van der Waals surface area contributed by atoms with Crippen LogP contribution in [0, 0.1) is 0 Å². The van der Waals surface area contributed by atoms with E-state index in [1.165, 1.54) is 5.69 Å². The van der Waals surface area contributed by atoms with Gasteiger partial charge in [-0.25, -0.2) is 0 Å². The number of nitrogens with two attached hydrogens (primary N) is 1. The van der Waals surface area contributed by atoms with E-state index in [-0.39, 0.29) is 0 Å². The summed E-state index contributed by atoms with van der Waals surface area (Å²) in [6.45, 7) is 2.03. The molecule has 0 saturated heterocycles. The molecule has 0 aliphatic carbocycles. The van der Waals surface area contributed by atoms with Gasteiger partial charge < -0.3 is 16.0 Å². The fraction of sp³-hybridized carbons (Fsp3) is 0.357. The third-order valence-corrected chi connectivity index (χ3v) is 3.16.